The predicted molar refractivity (Wildman–Crippen MR) is 95.1 cm³/mol. The van der Waals surface area contributed by atoms with Crippen molar-refractivity contribution in [2.24, 2.45) is 34.5 Å². The number of aliphatic hydroxyl groups is 1. The number of hydrogen-bond donors (Lipinski definition) is 2. The van der Waals surface area contributed by atoms with Gasteiger partial charge in [-0.2, -0.15) is 5.26 Å². The monoisotopic (exact) mass is 330 g/mol. The van der Waals surface area contributed by atoms with Crippen molar-refractivity contribution in [3.63, 3.8) is 0 Å². The maximum Gasteiger partial charge on any atom is 0.0843 e. The second kappa shape index (κ2) is 5.99. The van der Waals surface area contributed by atoms with Crippen molar-refractivity contribution >= 4 is 0 Å². The van der Waals surface area contributed by atoms with E-state index in [1.54, 1.807) is 0 Å². The summed E-state index contributed by atoms with van der Waals surface area (Å²) in [4.78, 5) is 0. The Kier molecular flexibility index (Phi) is 4.21. The van der Waals surface area contributed by atoms with Crippen molar-refractivity contribution in [1.29, 1.82) is 5.26 Å². The van der Waals surface area contributed by atoms with E-state index in [2.05, 4.69) is 25.2 Å². The first-order valence-corrected chi connectivity index (χ1v) is 10.3. The minimum Gasteiger partial charge on any atom is -0.393 e. The molecule has 8 unspecified atom stereocenters. The van der Waals surface area contributed by atoms with Gasteiger partial charge in [-0.25, -0.2) is 0 Å². The summed E-state index contributed by atoms with van der Waals surface area (Å²) < 4.78 is 0. The Labute approximate surface area is 147 Å². The molecule has 8 atom stereocenters. The fourth-order valence-electron chi connectivity index (χ4n) is 7.74. The van der Waals surface area contributed by atoms with Gasteiger partial charge in [-0.05, 0) is 92.3 Å². The van der Waals surface area contributed by atoms with Crippen LogP contribution in [0.25, 0.3) is 0 Å². The highest BCUT2D eigenvalue weighted by molar-refractivity contribution is 5.11. The molecule has 4 fully saturated rings. The van der Waals surface area contributed by atoms with E-state index in [1.165, 1.54) is 44.9 Å². The van der Waals surface area contributed by atoms with Gasteiger partial charge in [-0.15, -0.1) is 0 Å². The molecule has 0 aromatic rings. The van der Waals surface area contributed by atoms with Gasteiger partial charge in [0.25, 0.3) is 0 Å². The van der Waals surface area contributed by atoms with Crippen LogP contribution in [0, 0.1) is 45.8 Å². The van der Waals surface area contributed by atoms with E-state index in [9.17, 15) is 5.11 Å². The Balaban J connectivity index is 1.55. The second-order valence-electron chi connectivity index (χ2n) is 9.80. The van der Waals surface area contributed by atoms with Crippen LogP contribution < -0.4 is 5.32 Å². The highest BCUT2D eigenvalue weighted by Crippen LogP contribution is 2.66. The number of nitrogens with zero attached hydrogens (tertiary/aromatic N) is 1. The fraction of sp³-hybridized carbons (Fsp3) is 0.952. The SMILES string of the molecule is CC12CCC(O)CC1CCC1C2CCC2(C)C(NCC#N)CCC12. The average Bonchev–Trinajstić information content (AvgIpc) is 2.90. The third kappa shape index (κ3) is 2.36. The van der Waals surface area contributed by atoms with E-state index in [-0.39, 0.29) is 6.10 Å². The van der Waals surface area contributed by atoms with Crippen LogP contribution in [0.3, 0.4) is 0 Å². The lowest BCUT2D eigenvalue weighted by atomic mass is 9.45. The van der Waals surface area contributed by atoms with E-state index in [4.69, 9.17) is 5.26 Å². The van der Waals surface area contributed by atoms with E-state index in [0.717, 1.165) is 36.5 Å². The molecule has 0 spiro atoms. The summed E-state index contributed by atoms with van der Waals surface area (Å²) in [6.45, 7) is 5.57. The summed E-state index contributed by atoms with van der Waals surface area (Å²) in [7, 11) is 0. The zero-order valence-electron chi connectivity index (χ0n) is 15.4. The molecule has 3 nitrogen and oxygen atoms in total. The van der Waals surface area contributed by atoms with Crippen molar-refractivity contribution in [1.82, 2.24) is 5.32 Å². The molecule has 4 aliphatic carbocycles. The van der Waals surface area contributed by atoms with Gasteiger partial charge < -0.3 is 10.4 Å². The van der Waals surface area contributed by atoms with Crippen LogP contribution in [-0.4, -0.2) is 23.8 Å². The summed E-state index contributed by atoms with van der Waals surface area (Å²) >= 11 is 0. The average molecular weight is 331 g/mol. The molecular weight excluding hydrogens is 296 g/mol. The van der Waals surface area contributed by atoms with E-state index < -0.39 is 0 Å². The number of rotatable bonds is 2. The van der Waals surface area contributed by atoms with Crippen LogP contribution in [0.15, 0.2) is 0 Å². The third-order valence-corrected chi connectivity index (χ3v) is 9.07. The molecule has 134 valence electrons. The number of fused-ring (bicyclic) bond motifs is 5. The maximum atomic E-state index is 10.1. The molecule has 2 N–H and O–H groups in total. The van der Waals surface area contributed by atoms with Gasteiger partial charge in [0.1, 0.15) is 0 Å². The Morgan fingerprint density at radius 1 is 1.00 bits per heavy atom. The van der Waals surface area contributed by atoms with E-state index in [0.29, 0.717) is 23.4 Å². The molecule has 0 aromatic heterocycles. The van der Waals surface area contributed by atoms with Gasteiger partial charge in [-0.3, -0.25) is 0 Å². The lowest BCUT2D eigenvalue weighted by Crippen LogP contribution is -2.55. The number of aliphatic hydroxyl groups excluding tert-OH is 1. The van der Waals surface area contributed by atoms with Crippen LogP contribution in [0.1, 0.15) is 71.6 Å². The minimum atomic E-state index is -0.0421. The lowest BCUT2D eigenvalue weighted by molar-refractivity contribution is -0.123. The van der Waals surface area contributed by atoms with Gasteiger partial charge in [0.15, 0.2) is 0 Å². The molecule has 4 rings (SSSR count). The summed E-state index contributed by atoms with van der Waals surface area (Å²) in [5.41, 5.74) is 0.872. The van der Waals surface area contributed by atoms with Gasteiger partial charge in [0, 0.05) is 6.04 Å². The van der Waals surface area contributed by atoms with Crippen LogP contribution in [-0.2, 0) is 0 Å². The zero-order valence-corrected chi connectivity index (χ0v) is 15.4. The molecule has 0 bridgehead atoms. The number of nitrogens with one attached hydrogen (secondary N) is 1. The van der Waals surface area contributed by atoms with Gasteiger partial charge in [-0.1, -0.05) is 13.8 Å². The molecule has 4 aliphatic rings. The summed E-state index contributed by atoms with van der Waals surface area (Å²) in [5, 5.41) is 22.6. The van der Waals surface area contributed by atoms with Gasteiger partial charge >= 0.3 is 0 Å². The molecule has 0 heterocycles. The number of hydrogen-bond acceptors (Lipinski definition) is 3. The first-order chi connectivity index (χ1) is 11.5. The largest absolute Gasteiger partial charge is 0.393 e. The predicted octanol–water partition coefficient (Wildman–Crippen LogP) is 3.87. The molecule has 0 aliphatic heterocycles. The van der Waals surface area contributed by atoms with Crippen molar-refractivity contribution in [3.05, 3.63) is 0 Å². The van der Waals surface area contributed by atoms with Crippen molar-refractivity contribution < 1.29 is 5.11 Å². The minimum absolute atomic E-state index is 0.0421. The van der Waals surface area contributed by atoms with Gasteiger partial charge in [0.05, 0.1) is 18.7 Å². The Bertz CT molecular complexity index is 528. The molecule has 3 heteroatoms. The van der Waals surface area contributed by atoms with E-state index in [1.807, 2.05) is 0 Å². The van der Waals surface area contributed by atoms with Crippen LogP contribution in [0.2, 0.25) is 0 Å². The quantitative estimate of drug-likeness (QED) is 0.756. The molecule has 24 heavy (non-hydrogen) atoms. The van der Waals surface area contributed by atoms with Gasteiger partial charge in [0.2, 0.25) is 0 Å². The molecule has 4 saturated carbocycles. The first kappa shape index (κ1) is 16.9. The summed E-state index contributed by atoms with van der Waals surface area (Å²) in [6, 6.07) is 2.82. The molecule has 0 aromatic carbocycles. The standard InChI is InChI=1S/C21H34N2O/c1-20-9-7-15(24)13-14(20)3-4-16-17-5-6-19(23-12-11-22)21(17,2)10-8-18(16)20/h14-19,23-24H,3-10,12-13H2,1-2H3. The Morgan fingerprint density at radius 2 is 1.75 bits per heavy atom. The Morgan fingerprint density at radius 3 is 2.54 bits per heavy atom. The topological polar surface area (TPSA) is 56.0 Å². The normalized spacial score (nSPS) is 53.6. The van der Waals surface area contributed by atoms with Crippen molar-refractivity contribution in [2.45, 2.75) is 83.8 Å². The van der Waals surface area contributed by atoms with Crippen LogP contribution in [0.4, 0.5) is 0 Å². The highest BCUT2D eigenvalue weighted by Gasteiger charge is 2.59. The van der Waals surface area contributed by atoms with E-state index >= 15 is 0 Å². The number of nitriles is 1. The lowest BCUT2D eigenvalue weighted by Gasteiger charge is -2.61. The fourth-order valence-corrected chi connectivity index (χ4v) is 7.74. The second-order valence-corrected chi connectivity index (χ2v) is 9.80. The molecular formula is C21H34N2O. The summed E-state index contributed by atoms with van der Waals surface area (Å²) in [6.07, 6.45) is 11.3. The molecule has 0 amide bonds. The Hall–Kier alpha value is -0.590. The first-order valence-electron chi connectivity index (χ1n) is 10.3. The van der Waals surface area contributed by atoms with Crippen molar-refractivity contribution in [3.8, 4) is 6.07 Å². The molecule has 0 radical (unpaired) electrons. The highest BCUT2D eigenvalue weighted by atomic mass is 16.3. The van der Waals surface area contributed by atoms with Crippen molar-refractivity contribution in [2.75, 3.05) is 6.54 Å². The molecule has 0 saturated heterocycles. The smallest absolute Gasteiger partial charge is 0.0843 e. The van der Waals surface area contributed by atoms with Crippen LogP contribution in [0.5, 0.6) is 0 Å². The third-order valence-electron chi connectivity index (χ3n) is 9.07. The maximum absolute atomic E-state index is 10.1. The van der Waals surface area contributed by atoms with Crippen LogP contribution >= 0.6 is 0 Å². The zero-order chi connectivity index (χ0) is 16.9. The summed E-state index contributed by atoms with van der Waals surface area (Å²) in [5.74, 6) is 3.35.